The van der Waals surface area contributed by atoms with Crippen molar-refractivity contribution < 1.29 is 13.9 Å². The zero-order valence-corrected chi connectivity index (χ0v) is 9.77. The third kappa shape index (κ3) is 2.72. The fraction of sp³-hybridized carbons (Fsp3) is 0.231. The average molecular weight is 231 g/mol. The molecule has 0 aliphatic rings. The first-order chi connectivity index (χ1) is 8.16. The van der Waals surface area contributed by atoms with E-state index < -0.39 is 0 Å². The molecule has 0 amide bonds. The fourth-order valence-electron chi connectivity index (χ4n) is 1.43. The minimum absolute atomic E-state index is 0.126. The van der Waals surface area contributed by atoms with Gasteiger partial charge in [-0.1, -0.05) is 18.2 Å². The number of hydrogen-bond donors (Lipinski definition) is 0. The molecule has 4 nitrogen and oxygen atoms in total. The lowest BCUT2D eigenvalue weighted by Gasteiger charge is -1.98. The highest BCUT2D eigenvalue weighted by Crippen LogP contribution is 2.21. The molecule has 4 heteroatoms. The van der Waals surface area contributed by atoms with E-state index in [1.54, 1.807) is 0 Å². The molecule has 0 aliphatic carbocycles. The van der Waals surface area contributed by atoms with E-state index in [2.05, 4.69) is 4.98 Å². The molecule has 1 aromatic carbocycles. The molecule has 0 radical (unpaired) electrons. The molecule has 0 aliphatic heterocycles. The van der Waals surface area contributed by atoms with Gasteiger partial charge in [-0.25, -0.2) is 4.98 Å². The first-order valence-corrected chi connectivity index (χ1v) is 5.32. The summed E-state index contributed by atoms with van der Waals surface area (Å²) >= 11 is 0. The lowest BCUT2D eigenvalue weighted by Crippen LogP contribution is -1.98. The van der Waals surface area contributed by atoms with Gasteiger partial charge < -0.3 is 9.15 Å². The van der Waals surface area contributed by atoms with Gasteiger partial charge in [-0.15, -0.1) is 0 Å². The van der Waals surface area contributed by atoms with Gasteiger partial charge in [-0.3, -0.25) is 4.79 Å². The van der Waals surface area contributed by atoms with Crippen LogP contribution < -0.4 is 0 Å². The Hall–Kier alpha value is -2.10. The van der Waals surface area contributed by atoms with Crippen LogP contribution >= 0.6 is 0 Å². The largest absolute Gasteiger partial charge is 0.458 e. The summed E-state index contributed by atoms with van der Waals surface area (Å²) in [6.45, 7) is 3.32. The Morgan fingerprint density at radius 2 is 2.06 bits per heavy atom. The molecule has 2 aromatic rings. The van der Waals surface area contributed by atoms with Crippen LogP contribution in [0.25, 0.3) is 11.5 Å². The molecule has 17 heavy (non-hydrogen) atoms. The summed E-state index contributed by atoms with van der Waals surface area (Å²) in [6.07, 6.45) is 0. The van der Waals surface area contributed by atoms with Crippen LogP contribution in [0.4, 0.5) is 0 Å². The Morgan fingerprint density at radius 3 is 2.71 bits per heavy atom. The van der Waals surface area contributed by atoms with Crippen molar-refractivity contribution in [3.63, 3.8) is 0 Å². The van der Waals surface area contributed by atoms with Crippen LogP contribution in [0.2, 0.25) is 0 Å². The SMILES string of the molecule is CC(=O)OCc1oc(-c2ccccc2)nc1C. The molecular formula is C13H13NO3. The van der Waals surface area contributed by atoms with E-state index in [1.807, 2.05) is 37.3 Å². The van der Waals surface area contributed by atoms with E-state index >= 15 is 0 Å². The first-order valence-electron chi connectivity index (χ1n) is 5.32. The molecule has 0 unspecified atom stereocenters. The predicted molar refractivity (Wildman–Crippen MR) is 62.1 cm³/mol. The second kappa shape index (κ2) is 4.82. The van der Waals surface area contributed by atoms with Gasteiger partial charge in [0.05, 0.1) is 5.69 Å². The molecule has 1 heterocycles. The molecule has 0 bridgehead atoms. The van der Waals surface area contributed by atoms with E-state index in [1.165, 1.54) is 6.92 Å². The Bertz CT molecular complexity index is 517. The topological polar surface area (TPSA) is 52.3 Å². The number of ether oxygens (including phenoxy) is 1. The Morgan fingerprint density at radius 1 is 1.35 bits per heavy atom. The fourth-order valence-corrected chi connectivity index (χ4v) is 1.43. The molecule has 0 saturated carbocycles. The summed E-state index contributed by atoms with van der Waals surface area (Å²) in [6, 6.07) is 9.60. The van der Waals surface area contributed by atoms with Crippen LogP contribution in [0.5, 0.6) is 0 Å². The zero-order chi connectivity index (χ0) is 12.3. The summed E-state index contributed by atoms with van der Waals surface area (Å²) in [5.74, 6) is 0.798. The van der Waals surface area contributed by atoms with Crippen molar-refractivity contribution in [3.05, 3.63) is 41.8 Å². The van der Waals surface area contributed by atoms with Crippen molar-refractivity contribution in [2.45, 2.75) is 20.5 Å². The maximum atomic E-state index is 10.7. The lowest BCUT2D eigenvalue weighted by atomic mass is 10.2. The van der Waals surface area contributed by atoms with Gasteiger partial charge in [0.15, 0.2) is 12.4 Å². The maximum Gasteiger partial charge on any atom is 0.303 e. The smallest absolute Gasteiger partial charge is 0.303 e. The number of aromatic nitrogens is 1. The van der Waals surface area contributed by atoms with Crippen LogP contribution in [-0.4, -0.2) is 11.0 Å². The quantitative estimate of drug-likeness (QED) is 0.762. The normalized spacial score (nSPS) is 10.2. The molecule has 88 valence electrons. The summed E-state index contributed by atoms with van der Waals surface area (Å²) in [4.78, 5) is 15.0. The van der Waals surface area contributed by atoms with Crippen molar-refractivity contribution in [2.75, 3.05) is 0 Å². The van der Waals surface area contributed by atoms with E-state index in [4.69, 9.17) is 9.15 Å². The van der Waals surface area contributed by atoms with Crippen LogP contribution in [0, 0.1) is 6.92 Å². The summed E-state index contributed by atoms with van der Waals surface area (Å²) < 4.78 is 10.4. The average Bonchev–Trinajstić information content (AvgIpc) is 2.69. The second-order valence-electron chi connectivity index (χ2n) is 3.67. The summed E-state index contributed by atoms with van der Waals surface area (Å²) in [5, 5.41) is 0. The number of rotatable bonds is 3. The molecule has 1 aromatic heterocycles. The molecule has 0 fully saturated rings. The number of hydrogen-bond acceptors (Lipinski definition) is 4. The number of oxazole rings is 1. The van der Waals surface area contributed by atoms with Crippen LogP contribution in [0.1, 0.15) is 18.4 Å². The number of carbonyl (C=O) groups excluding carboxylic acids is 1. The molecular weight excluding hydrogens is 218 g/mol. The number of esters is 1. The van der Waals surface area contributed by atoms with E-state index in [-0.39, 0.29) is 12.6 Å². The van der Waals surface area contributed by atoms with Crippen molar-refractivity contribution in [1.29, 1.82) is 0 Å². The van der Waals surface area contributed by atoms with E-state index in [9.17, 15) is 4.79 Å². The minimum Gasteiger partial charge on any atom is -0.458 e. The maximum absolute atomic E-state index is 10.7. The lowest BCUT2D eigenvalue weighted by molar-refractivity contribution is -0.142. The zero-order valence-electron chi connectivity index (χ0n) is 9.77. The first kappa shape index (κ1) is 11.4. The van der Waals surface area contributed by atoms with Gasteiger partial charge in [-0.05, 0) is 19.1 Å². The molecule has 0 saturated heterocycles. The van der Waals surface area contributed by atoms with Gasteiger partial charge >= 0.3 is 5.97 Å². The van der Waals surface area contributed by atoms with Gasteiger partial charge in [0, 0.05) is 12.5 Å². The second-order valence-corrected chi connectivity index (χ2v) is 3.67. The summed E-state index contributed by atoms with van der Waals surface area (Å²) in [7, 11) is 0. The van der Waals surface area contributed by atoms with Crippen molar-refractivity contribution in [2.24, 2.45) is 0 Å². The highest BCUT2D eigenvalue weighted by Gasteiger charge is 2.11. The third-order valence-electron chi connectivity index (χ3n) is 2.32. The van der Waals surface area contributed by atoms with Crippen molar-refractivity contribution >= 4 is 5.97 Å². The summed E-state index contributed by atoms with van der Waals surface area (Å²) in [5.41, 5.74) is 1.65. The molecule has 0 N–H and O–H groups in total. The van der Waals surface area contributed by atoms with Crippen LogP contribution in [0.15, 0.2) is 34.7 Å². The Balaban J connectivity index is 2.22. The molecule has 0 spiro atoms. The number of benzene rings is 1. The highest BCUT2D eigenvalue weighted by molar-refractivity contribution is 5.65. The number of carbonyl (C=O) groups is 1. The van der Waals surface area contributed by atoms with E-state index in [0.29, 0.717) is 11.7 Å². The Kier molecular flexibility index (Phi) is 3.23. The standard InChI is InChI=1S/C13H13NO3/c1-9-12(8-16-10(2)15)17-13(14-9)11-6-4-3-5-7-11/h3-7H,8H2,1-2H3. The van der Waals surface area contributed by atoms with Gasteiger partial charge in [0.25, 0.3) is 0 Å². The number of aryl methyl sites for hydroxylation is 1. The van der Waals surface area contributed by atoms with Gasteiger partial charge in [0.1, 0.15) is 0 Å². The molecule has 0 atom stereocenters. The highest BCUT2D eigenvalue weighted by atomic mass is 16.5. The number of nitrogens with zero attached hydrogens (tertiary/aromatic N) is 1. The van der Waals surface area contributed by atoms with Gasteiger partial charge in [-0.2, -0.15) is 0 Å². The molecule has 2 rings (SSSR count). The van der Waals surface area contributed by atoms with Crippen molar-refractivity contribution in [1.82, 2.24) is 4.98 Å². The van der Waals surface area contributed by atoms with Gasteiger partial charge in [0.2, 0.25) is 5.89 Å². The predicted octanol–water partition coefficient (Wildman–Crippen LogP) is 2.71. The van der Waals surface area contributed by atoms with E-state index in [0.717, 1.165) is 11.3 Å². The third-order valence-corrected chi connectivity index (χ3v) is 2.32. The monoisotopic (exact) mass is 231 g/mol. The van der Waals surface area contributed by atoms with Crippen LogP contribution in [0.3, 0.4) is 0 Å². The van der Waals surface area contributed by atoms with Crippen LogP contribution in [-0.2, 0) is 16.1 Å². The minimum atomic E-state index is -0.331. The Labute approximate surface area is 99.2 Å². The van der Waals surface area contributed by atoms with Crippen molar-refractivity contribution in [3.8, 4) is 11.5 Å².